The molecule has 3 unspecified atom stereocenters. The molecule has 0 saturated carbocycles. The summed E-state index contributed by atoms with van der Waals surface area (Å²) in [5.41, 5.74) is -0.653. The number of carbonyl (C=O) groups is 4. The molecule has 172 valence electrons. The van der Waals surface area contributed by atoms with E-state index in [1.807, 2.05) is 6.92 Å². The number of carbonyl (C=O) groups excluding carboxylic acids is 4. The molecule has 1 N–H and O–H groups in total. The van der Waals surface area contributed by atoms with E-state index in [4.69, 9.17) is 14.2 Å². The highest BCUT2D eigenvalue weighted by Gasteiger charge is 2.46. The van der Waals surface area contributed by atoms with Crippen LogP contribution in [-0.4, -0.2) is 85.9 Å². The fourth-order valence-electron chi connectivity index (χ4n) is 3.02. The number of amides is 3. The first kappa shape index (κ1) is 25.5. The Bertz CT molecular complexity index is 632. The lowest BCUT2D eigenvalue weighted by Gasteiger charge is -2.34. The van der Waals surface area contributed by atoms with Gasteiger partial charge < -0.3 is 29.3 Å². The van der Waals surface area contributed by atoms with Gasteiger partial charge in [0, 0.05) is 20.0 Å². The van der Waals surface area contributed by atoms with Gasteiger partial charge in [0.25, 0.3) is 0 Å². The van der Waals surface area contributed by atoms with E-state index in [9.17, 15) is 19.2 Å². The smallest absolute Gasteiger partial charge is 0.409 e. The summed E-state index contributed by atoms with van der Waals surface area (Å²) in [5, 5.41) is 2.61. The van der Waals surface area contributed by atoms with Crippen LogP contribution in [0.1, 0.15) is 47.5 Å². The quantitative estimate of drug-likeness (QED) is 0.484. The highest BCUT2D eigenvalue weighted by molar-refractivity contribution is 5.91. The summed E-state index contributed by atoms with van der Waals surface area (Å²) >= 11 is 0. The van der Waals surface area contributed by atoms with E-state index in [1.165, 1.54) is 16.9 Å². The van der Waals surface area contributed by atoms with Crippen molar-refractivity contribution in [2.24, 2.45) is 5.41 Å². The van der Waals surface area contributed by atoms with Crippen LogP contribution in [-0.2, 0) is 23.8 Å². The molecule has 0 aromatic heterocycles. The minimum atomic E-state index is -0.943. The Morgan fingerprint density at radius 3 is 2.33 bits per heavy atom. The first-order chi connectivity index (χ1) is 14.0. The van der Waals surface area contributed by atoms with E-state index in [2.05, 4.69) is 5.32 Å². The minimum Gasteiger partial charge on any atom is -0.467 e. The van der Waals surface area contributed by atoms with Crippen LogP contribution in [0.4, 0.5) is 9.59 Å². The van der Waals surface area contributed by atoms with Crippen molar-refractivity contribution < 1.29 is 33.4 Å². The van der Waals surface area contributed by atoms with Crippen LogP contribution in [0, 0.1) is 5.41 Å². The lowest BCUT2D eigenvalue weighted by molar-refractivity contribution is -0.152. The first-order valence-corrected chi connectivity index (χ1v) is 10.2. The minimum absolute atomic E-state index is 0.0279. The molecule has 10 heteroatoms. The van der Waals surface area contributed by atoms with Crippen LogP contribution in [0.5, 0.6) is 0 Å². The van der Waals surface area contributed by atoms with Gasteiger partial charge in [-0.15, -0.1) is 0 Å². The third-order valence-corrected chi connectivity index (χ3v) is 4.88. The summed E-state index contributed by atoms with van der Waals surface area (Å²) in [6, 6.07) is -1.85. The van der Waals surface area contributed by atoms with Gasteiger partial charge in [0.05, 0.1) is 20.3 Å². The molecule has 10 nitrogen and oxygen atoms in total. The number of alkyl carbamates (subject to hydrolysis) is 1. The maximum absolute atomic E-state index is 13.4. The molecule has 0 aliphatic carbocycles. The van der Waals surface area contributed by atoms with E-state index in [0.29, 0.717) is 13.0 Å². The Morgan fingerprint density at radius 2 is 1.83 bits per heavy atom. The number of ether oxygens (including phenoxy) is 3. The molecule has 0 spiro atoms. The first-order valence-electron chi connectivity index (χ1n) is 10.2. The van der Waals surface area contributed by atoms with Crippen LogP contribution in [0.3, 0.4) is 0 Å². The Balaban J connectivity index is 3.04. The molecule has 3 atom stereocenters. The van der Waals surface area contributed by atoms with Gasteiger partial charge in [0.15, 0.2) is 0 Å². The Hall–Kier alpha value is -2.52. The largest absolute Gasteiger partial charge is 0.467 e. The number of nitrogens with one attached hydrogen (secondary N) is 1. The van der Waals surface area contributed by atoms with Crippen molar-refractivity contribution in [2.45, 2.75) is 65.6 Å². The highest BCUT2D eigenvalue weighted by Crippen LogP contribution is 2.28. The van der Waals surface area contributed by atoms with Gasteiger partial charge in [-0.3, -0.25) is 4.79 Å². The number of rotatable bonds is 7. The Morgan fingerprint density at radius 1 is 1.20 bits per heavy atom. The van der Waals surface area contributed by atoms with Gasteiger partial charge in [-0.2, -0.15) is 0 Å². The normalized spacial score (nSPS) is 19.6. The molecule has 1 rings (SSSR count). The van der Waals surface area contributed by atoms with Gasteiger partial charge in [0.2, 0.25) is 5.91 Å². The van der Waals surface area contributed by atoms with E-state index in [1.54, 1.807) is 34.7 Å². The molecule has 30 heavy (non-hydrogen) atoms. The number of hydrogen-bond donors (Lipinski definition) is 1. The molecule has 0 aromatic carbocycles. The third-order valence-electron chi connectivity index (χ3n) is 4.88. The van der Waals surface area contributed by atoms with Crippen molar-refractivity contribution >= 4 is 24.1 Å². The van der Waals surface area contributed by atoms with Crippen molar-refractivity contribution in [1.82, 2.24) is 15.1 Å². The van der Waals surface area contributed by atoms with E-state index in [-0.39, 0.29) is 19.6 Å². The van der Waals surface area contributed by atoms with Gasteiger partial charge in [-0.1, -0.05) is 27.7 Å². The molecule has 1 aliphatic rings. The fourth-order valence-corrected chi connectivity index (χ4v) is 3.02. The average molecular weight is 430 g/mol. The number of esters is 1. The second-order valence-electron chi connectivity index (χ2n) is 8.36. The highest BCUT2D eigenvalue weighted by atomic mass is 16.6. The zero-order valence-corrected chi connectivity index (χ0v) is 19.0. The van der Waals surface area contributed by atoms with Gasteiger partial charge in [0.1, 0.15) is 18.2 Å². The standard InChI is InChI=1S/C20H35N3O7/c1-8-10-29-18(26)21-15(20(3,4)5)16(24)23-12-13(11-14(23)17(25)28-7)30-19(27)22(6)9-2/h13-15H,8-12H2,1-7H3,(H,21,26). The average Bonchev–Trinajstić information content (AvgIpc) is 3.11. The zero-order valence-electron chi connectivity index (χ0n) is 19.0. The molecule has 1 aliphatic heterocycles. The van der Waals surface area contributed by atoms with Gasteiger partial charge in [-0.05, 0) is 18.8 Å². The number of hydrogen-bond acceptors (Lipinski definition) is 7. The maximum Gasteiger partial charge on any atom is 0.409 e. The van der Waals surface area contributed by atoms with E-state index in [0.717, 1.165) is 0 Å². The summed E-state index contributed by atoms with van der Waals surface area (Å²) < 4.78 is 15.3. The monoisotopic (exact) mass is 429 g/mol. The zero-order chi connectivity index (χ0) is 23.1. The second-order valence-corrected chi connectivity index (χ2v) is 8.36. The van der Waals surface area contributed by atoms with Crippen molar-refractivity contribution in [1.29, 1.82) is 0 Å². The van der Waals surface area contributed by atoms with Gasteiger partial charge >= 0.3 is 18.2 Å². The van der Waals surface area contributed by atoms with Crippen molar-refractivity contribution in [2.75, 3.05) is 33.9 Å². The maximum atomic E-state index is 13.4. The topological polar surface area (TPSA) is 114 Å². The fraction of sp³-hybridized carbons (Fsp3) is 0.800. The number of likely N-dealkylation sites (tertiary alicyclic amines) is 1. The van der Waals surface area contributed by atoms with Gasteiger partial charge in [-0.25, -0.2) is 14.4 Å². The predicted molar refractivity (Wildman–Crippen MR) is 109 cm³/mol. The summed E-state index contributed by atoms with van der Waals surface area (Å²) in [5.74, 6) is -1.07. The van der Waals surface area contributed by atoms with E-state index < -0.39 is 47.7 Å². The molecule has 1 fully saturated rings. The Kier molecular flexibility index (Phi) is 9.38. The summed E-state index contributed by atoms with van der Waals surface area (Å²) in [6.45, 7) is 9.79. The van der Waals surface area contributed by atoms with Crippen LogP contribution < -0.4 is 5.32 Å². The molecule has 0 bridgehead atoms. The summed E-state index contributed by atoms with van der Waals surface area (Å²) in [4.78, 5) is 52.6. The number of nitrogens with zero attached hydrogens (tertiary/aromatic N) is 2. The molecular formula is C20H35N3O7. The molecular weight excluding hydrogens is 394 g/mol. The molecule has 1 heterocycles. The third kappa shape index (κ3) is 6.77. The predicted octanol–water partition coefficient (Wildman–Crippen LogP) is 1.77. The van der Waals surface area contributed by atoms with Crippen molar-refractivity contribution in [3.05, 3.63) is 0 Å². The van der Waals surface area contributed by atoms with E-state index >= 15 is 0 Å². The van der Waals surface area contributed by atoms with Crippen LogP contribution >= 0.6 is 0 Å². The second kappa shape index (κ2) is 11.0. The van der Waals surface area contributed by atoms with Crippen LogP contribution in [0.2, 0.25) is 0 Å². The Labute approximate surface area is 178 Å². The lowest BCUT2D eigenvalue weighted by Crippen LogP contribution is -2.57. The number of methoxy groups -OCH3 is 1. The summed E-state index contributed by atoms with van der Waals surface area (Å²) in [6.07, 6.45) is -1.12. The van der Waals surface area contributed by atoms with Crippen LogP contribution in [0.25, 0.3) is 0 Å². The molecule has 3 amide bonds. The van der Waals surface area contributed by atoms with Crippen molar-refractivity contribution in [3.8, 4) is 0 Å². The molecule has 0 aromatic rings. The summed E-state index contributed by atoms with van der Waals surface area (Å²) in [7, 11) is 2.83. The SMILES string of the molecule is CCCOC(=O)NC(C(=O)N1CC(OC(=O)N(C)CC)CC1C(=O)OC)C(C)(C)C. The lowest BCUT2D eigenvalue weighted by atomic mass is 9.85. The molecule has 1 saturated heterocycles. The molecule has 0 radical (unpaired) electrons. The van der Waals surface area contributed by atoms with Crippen LogP contribution in [0.15, 0.2) is 0 Å². The van der Waals surface area contributed by atoms with Crippen molar-refractivity contribution in [3.63, 3.8) is 0 Å².